The lowest BCUT2D eigenvalue weighted by atomic mass is 9.94. The molecule has 2 aromatic heterocycles. The van der Waals surface area contributed by atoms with E-state index in [1.165, 1.54) is 27.5 Å². The van der Waals surface area contributed by atoms with Crippen molar-refractivity contribution in [1.82, 2.24) is 19.9 Å². The molecule has 1 aliphatic carbocycles. The zero-order chi connectivity index (χ0) is 30.5. The summed E-state index contributed by atoms with van der Waals surface area (Å²) in [5.41, 5.74) is 11.7. The van der Waals surface area contributed by atoms with Crippen LogP contribution in [0, 0.1) is 0 Å². The highest BCUT2D eigenvalue weighted by atomic mass is 15.0. The lowest BCUT2D eigenvalue weighted by Gasteiger charge is -2.13. The van der Waals surface area contributed by atoms with E-state index in [2.05, 4.69) is 115 Å². The van der Waals surface area contributed by atoms with Gasteiger partial charge in [-0.1, -0.05) is 146 Å². The summed E-state index contributed by atoms with van der Waals surface area (Å²) in [5, 5.41) is 2.43. The number of hydrogen-bond acceptors (Lipinski definition) is 4. The van der Waals surface area contributed by atoms with E-state index in [1.54, 1.807) is 0 Å². The molecule has 0 unspecified atom stereocenters. The molecule has 9 rings (SSSR count). The van der Waals surface area contributed by atoms with Crippen molar-refractivity contribution >= 4 is 10.8 Å². The fourth-order valence-corrected chi connectivity index (χ4v) is 6.52. The zero-order valence-electron chi connectivity index (χ0n) is 24.8. The molecule has 0 radical (unpaired) electrons. The van der Waals surface area contributed by atoms with Gasteiger partial charge in [-0.3, -0.25) is 4.98 Å². The van der Waals surface area contributed by atoms with Crippen molar-refractivity contribution in [2.24, 2.45) is 0 Å². The molecule has 2 heterocycles. The van der Waals surface area contributed by atoms with Gasteiger partial charge in [0, 0.05) is 34.0 Å². The molecular weight excluding hydrogens is 560 g/mol. The minimum absolute atomic E-state index is 0.587. The minimum Gasteiger partial charge on any atom is -0.255 e. The molecule has 0 saturated heterocycles. The number of fused-ring (bicyclic) bond motifs is 5. The maximum Gasteiger partial charge on any atom is 0.165 e. The highest BCUT2D eigenvalue weighted by Crippen LogP contribution is 2.47. The summed E-state index contributed by atoms with van der Waals surface area (Å²) in [4.78, 5) is 20.1. The summed E-state index contributed by atoms with van der Waals surface area (Å²) >= 11 is 0. The third-order valence-electron chi connectivity index (χ3n) is 8.73. The van der Waals surface area contributed by atoms with Crippen molar-refractivity contribution in [2.45, 2.75) is 0 Å². The SMILES string of the molecule is c1ccc(-c2ccc(-c3nc(-c4ccccc4)nc(-c4cnc5c(c4)-c4ccccc4-c4cccc6cccc-5c46)n3)cc2)cc1. The Morgan fingerprint density at radius 3 is 1.48 bits per heavy atom. The van der Waals surface area contributed by atoms with Gasteiger partial charge in [0.15, 0.2) is 17.5 Å². The fraction of sp³-hybridized carbons (Fsp3) is 0. The molecule has 0 amide bonds. The Kier molecular flexibility index (Phi) is 6.10. The van der Waals surface area contributed by atoms with E-state index in [1.807, 2.05) is 42.6 Å². The van der Waals surface area contributed by atoms with Gasteiger partial charge >= 0.3 is 0 Å². The fourth-order valence-electron chi connectivity index (χ4n) is 6.52. The number of aromatic nitrogens is 4. The predicted octanol–water partition coefficient (Wildman–Crippen LogP) is 10.4. The zero-order valence-corrected chi connectivity index (χ0v) is 24.8. The predicted molar refractivity (Wildman–Crippen MR) is 187 cm³/mol. The lowest BCUT2D eigenvalue weighted by molar-refractivity contribution is 1.07. The lowest BCUT2D eigenvalue weighted by Crippen LogP contribution is -2.01. The van der Waals surface area contributed by atoms with Crippen molar-refractivity contribution in [3.8, 4) is 78.8 Å². The van der Waals surface area contributed by atoms with Crippen molar-refractivity contribution < 1.29 is 0 Å². The maximum atomic E-state index is 5.13. The van der Waals surface area contributed by atoms with Gasteiger partial charge in [-0.05, 0) is 44.7 Å². The van der Waals surface area contributed by atoms with Crippen molar-refractivity contribution in [2.75, 3.05) is 0 Å². The average molecular weight is 587 g/mol. The smallest absolute Gasteiger partial charge is 0.165 e. The Hall–Kier alpha value is -6.26. The summed E-state index contributed by atoms with van der Waals surface area (Å²) in [6, 6.07) is 52.6. The van der Waals surface area contributed by atoms with E-state index >= 15 is 0 Å². The van der Waals surface area contributed by atoms with Gasteiger partial charge in [0.05, 0.1) is 5.69 Å². The molecule has 0 aliphatic heterocycles. The molecule has 6 aromatic carbocycles. The quantitative estimate of drug-likeness (QED) is 0.206. The number of benzene rings is 6. The van der Waals surface area contributed by atoms with Crippen LogP contribution in [-0.4, -0.2) is 19.9 Å². The highest BCUT2D eigenvalue weighted by molar-refractivity contribution is 6.12. The molecule has 8 aromatic rings. The number of pyridine rings is 1. The monoisotopic (exact) mass is 586 g/mol. The van der Waals surface area contributed by atoms with E-state index in [0.717, 1.165) is 44.6 Å². The largest absolute Gasteiger partial charge is 0.255 e. The van der Waals surface area contributed by atoms with Crippen LogP contribution in [0.1, 0.15) is 0 Å². The van der Waals surface area contributed by atoms with Crippen LogP contribution in [0.4, 0.5) is 0 Å². The van der Waals surface area contributed by atoms with Crippen LogP contribution in [-0.2, 0) is 0 Å². The third-order valence-corrected chi connectivity index (χ3v) is 8.73. The molecule has 4 nitrogen and oxygen atoms in total. The normalized spacial score (nSPS) is 11.5. The van der Waals surface area contributed by atoms with Crippen LogP contribution in [0.25, 0.3) is 89.6 Å². The molecule has 4 heteroatoms. The van der Waals surface area contributed by atoms with E-state index in [9.17, 15) is 0 Å². The molecule has 214 valence electrons. The van der Waals surface area contributed by atoms with Crippen molar-refractivity contribution in [3.05, 3.63) is 158 Å². The van der Waals surface area contributed by atoms with Crippen LogP contribution in [0.2, 0.25) is 0 Å². The minimum atomic E-state index is 0.587. The number of nitrogens with zero attached hydrogens (tertiary/aromatic N) is 4. The average Bonchev–Trinajstić information content (AvgIpc) is 3.26. The van der Waals surface area contributed by atoms with Gasteiger partial charge in [-0.25, -0.2) is 15.0 Å². The van der Waals surface area contributed by atoms with Crippen molar-refractivity contribution in [3.63, 3.8) is 0 Å². The Morgan fingerprint density at radius 1 is 0.326 bits per heavy atom. The van der Waals surface area contributed by atoms with E-state index in [0.29, 0.717) is 17.5 Å². The summed E-state index contributed by atoms with van der Waals surface area (Å²) in [7, 11) is 0. The topological polar surface area (TPSA) is 51.6 Å². The third kappa shape index (κ3) is 4.39. The first-order valence-corrected chi connectivity index (χ1v) is 15.4. The number of rotatable bonds is 4. The highest BCUT2D eigenvalue weighted by Gasteiger charge is 2.23. The van der Waals surface area contributed by atoms with E-state index in [-0.39, 0.29) is 0 Å². The van der Waals surface area contributed by atoms with E-state index in [4.69, 9.17) is 19.9 Å². The molecule has 0 bridgehead atoms. The summed E-state index contributed by atoms with van der Waals surface area (Å²) in [5.74, 6) is 1.83. The molecule has 1 aliphatic rings. The Bertz CT molecular complexity index is 2390. The Balaban J connectivity index is 1.23. The van der Waals surface area contributed by atoms with Crippen LogP contribution >= 0.6 is 0 Å². The molecular formula is C42H26N4. The van der Waals surface area contributed by atoms with Gasteiger partial charge in [0.1, 0.15) is 0 Å². The first kappa shape index (κ1) is 26.2. The summed E-state index contributed by atoms with van der Waals surface area (Å²) in [6.45, 7) is 0. The second-order valence-corrected chi connectivity index (χ2v) is 11.5. The van der Waals surface area contributed by atoms with Crippen LogP contribution in [0.3, 0.4) is 0 Å². The molecule has 0 spiro atoms. The van der Waals surface area contributed by atoms with Gasteiger partial charge < -0.3 is 0 Å². The van der Waals surface area contributed by atoms with Crippen molar-refractivity contribution in [1.29, 1.82) is 0 Å². The van der Waals surface area contributed by atoms with Crippen LogP contribution in [0.5, 0.6) is 0 Å². The van der Waals surface area contributed by atoms with Gasteiger partial charge in [-0.2, -0.15) is 0 Å². The maximum absolute atomic E-state index is 5.13. The van der Waals surface area contributed by atoms with E-state index < -0.39 is 0 Å². The second-order valence-electron chi connectivity index (χ2n) is 11.5. The Morgan fingerprint density at radius 2 is 0.804 bits per heavy atom. The van der Waals surface area contributed by atoms with Gasteiger partial charge in [0.2, 0.25) is 0 Å². The summed E-state index contributed by atoms with van der Waals surface area (Å²) < 4.78 is 0. The standard InChI is InChI=1S/C42H26N4/c1-3-11-27(12-4-1)28-21-23-31(24-22-28)41-44-40(30-13-5-2-6-14-30)45-42(46-41)32-25-37-34-18-8-7-17-33(34)35-19-9-15-29-16-10-20-36(38(29)35)39(37)43-26-32/h1-26H. The second kappa shape index (κ2) is 10.7. The summed E-state index contributed by atoms with van der Waals surface area (Å²) in [6.07, 6.45) is 1.90. The first-order chi connectivity index (χ1) is 22.8. The molecule has 0 N–H and O–H groups in total. The molecule has 0 saturated carbocycles. The van der Waals surface area contributed by atoms with Gasteiger partial charge in [0.25, 0.3) is 0 Å². The van der Waals surface area contributed by atoms with Crippen LogP contribution in [0.15, 0.2) is 158 Å². The molecule has 46 heavy (non-hydrogen) atoms. The van der Waals surface area contributed by atoms with Crippen LogP contribution < -0.4 is 0 Å². The Labute approximate surface area is 266 Å². The van der Waals surface area contributed by atoms with Gasteiger partial charge in [-0.15, -0.1) is 0 Å². The molecule has 0 fully saturated rings. The molecule has 0 atom stereocenters. The number of hydrogen-bond donors (Lipinski definition) is 0. The first-order valence-electron chi connectivity index (χ1n) is 15.4.